The normalized spacial score (nSPS) is 15.3. The quantitative estimate of drug-likeness (QED) is 0.796. The molecule has 138 valence electrons. The fourth-order valence-electron chi connectivity index (χ4n) is 3.08. The van der Waals surface area contributed by atoms with Crippen LogP contribution in [0.15, 0.2) is 48.5 Å². The second-order valence-corrected chi connectivity index (χ2v) is 7.11. The highest BCUT2D eigenvalue weighted by molar-refractivity contribution is 6.30. The maximum absolute atomic E-state index is 12.2. The van der Waals surface area contributed by atoms with E-state index >= 15 is 0 Å². The molecule has 1 fully saturated rings. The predicted molar refractivity (Wildman–Crippen MR) is 106 cm³/mol. The van der Waals surface area contributed by atoms with E-state index in [1.807, 2.05) is 48.5 Å². The Morgan fingerprint density at radius 2 is 1.62 bits per heavy atom. The zero-order valence-corrected chi connectivity index (χ0v) is 15.7. The molecule has 0 bridgehead atoms. The van der Waals surface area contributed by atoms with Crippen LogP contribution in [0.2, 0.25) is 5.02 Å². The average molecular weight is 373 g/mol. The number of anilines is 1. The summed E-state index contributed by atoms with van der Waals surface area (Å²) in [4.78, 5) is 14.5. The van der Waals surface area contributed by atoms with Crippen LogP contribution in [-0.4, -0.2) is 30.4 Å². The number of rotatable bonds is 6. The Morgan fingerprint density at radius 1 is 0.962 bits per heavy atom. The lowest BCUT2D eigenvalue weighted by molar-refractivity contribution is -0.117. The number of halogens is 1. The number of nitrogens with one attached hydrogen (secondary N) is 1. The highest BCUT2D eigenvalue weighted by Gasteiger charge is 2.13. The summed E-state index contributed by atoms with van der Waals surface area (Å²) >= 11 is 5.88. The van der Waals surface area contributed by atoms with Crippen LogP contribution in [0.3, 0.4) is 0 Å². The molecule has 0 unspecified atom stereocenters. The second-order valence-electron chi connectivity index (χ2n) is 6.68. The van der Waals surface area contributed by atoms with Gasteiger partial charge in [-0.3, -0.25) is 9.69 Å². The first-order chi connectivity index (χ1) is 12.7. The Bertz CT molecular complexity index is 693. The molecule has 0 atom stereocenters. The molecule has 3 rings (SSSR count). The molecule has 0 aromatic heterocycles. The lowest BCUT2D eigenvalue weighted by atomic mass is 10.2. The number of hydrogen-bond acceptors (Lipinski definition) is 3. The van der Waals surface area contributed by atoms with Crippen molar-refractivity contribution in [3.05, 3.63) is 59.1 Å². The molecule has 1 aliphatic heterocycles. The standard InChI is InChI=1S/C21H25ClN2O2/c22-18-7-5-17(6-8-18)16-26-20-11-9-19(10-12-20)23-21(25)15-24-13-3-1-2-4-14-24/h5-12H,1-4,13-16H2,(H,23,25). The molecule has 26 heavy (non-hydrogen) atoms. The minimum atomic E-state index is 0.0433. The van der Waals surface area contributed by atoms with Gasteiger partial charge in [0, 0.05) is 10.7 Å². The van der Waals surface area contributed by atoms with Gasteiger partial charge in [0.2, 0.25) is 5.91 Å². The van der Waals surface area contributed by atoms with Crippen LogP contribution in [0, 0.1) is 0 Å². The van der Waals surface area contributed by atoms with Gasteiger partial charge in [-0.25, -0.2) is 0 Å². The number of carbonyl (C=O) groups is 1. The van der Waals surface area contributed by atoms with E-state index in [1.165, 1.54) is 25.7 Å². The summed E-state index contributed by atoms with van der Waals surface area (Å²) < 4.78 is 5.76. The molecule has 0 spiro atoms. The van der Waals surface area contributed by atoms with Crippen LogP contribution >= 0.6 is 11.6 Å². The van der Waals surface area contributed by atoms with Crippen LogP contribution in [-0.2, 0) is 11.4 Å². The molecule has 5 heteroatoms. The SMILES string of the molecule is O=C(CN1CCCCCC1)Nc1ccc(OCc2ccc(Cl)cc2)cc1. The molecule has 2 aromatic rings. The summed E-state index contributed by atoms with van der Waals surface area (Å²) in [6, 6.07) is 15.1. The van der Waals surface area contributed by atoms with E-state index in [9.17, 15) is 4.79 Å². The van der Waals surface area contributed by atoms with Crippen LogP contribution < -0.4 is 10.1 Å². The summed E-state index contributed by atoms with van der Waals surface area (Å²) in [7, 11) is 0. The fraction of sp³-hybridized carbons (Fsp3) is 0.381. The molecule has 0 aliphatic carbocycles. The molecule has 0 saturated carbocycles. The summed E-state index contributed by atoms with van der Waals surface area (Å²) in [5.74, 6) is 0.812. The largest absolute Gasteiger partial charge is 0.489 e. The molecular formula is C21H25ClN2O2. The van der Waals surface area contributed by atoms with Gasteiger partial charge in [0.1, 0.15) is 12.4 Å². The minimum absolute atomic E-state index is 0.0433. The van der Waals surface area contributed by atoms with Gasteiger partial charge in [-0.05, 0) is 67.9 Å². The number of ether oxygens (including phenoxy) is 1. The van der Waals surface area contributed by atoms with E-state index in [1.54, 1.807) is 0 Å². The van der Waals surface area contributed by atoms with Gasteiger partial charge >= 0.3 is 0 Å². The molecule has 1 heterocycles. The lowest BCUT2D eigenvalue weighted by Crippen LogP contribution is -2.33. The smallest absolute Gasteiger partial charge is 0.238 e. The third-order valence-corrected chi connectivity index (χ3v) is 4.77. The highest BCUT2D eigenvalue weighted by Crippen LogP contribution is 2.18. The van der Waals surface area contributed by atoms with E-state index < -0.39 is 0 Å². The van der Waals surface area contributed by atoms with E-state index in [4.69, 9.17) is 16.3 Å². The Kier molecular flexibility index (Phi) is 6.92. The fourth-order valence-corrected chi connectivity index (χ4v) is 3.21. The molecular weight excluding hydrogens is 348 g/mol. The first-order valence-electron chi connectivity index (χ1n) is 9.18. The van der Waals surface area contributed by atoms with Gasteiger partial charge < -0.3 is 10.1 Å². The third-order valence-electron chi connectivity index (χ3n) is 4.52. The first-order valence-corrected chi connectivity index (χ1v) is 9.56. The lowest BCUT2D eigenvalue weighted by Gasteiger charge is -2.19. The van der Waals surface area contributed by atoms with Gasteiger partial charge in [0.25, 0.3) is 0 Å². The van der Waals surface area contributed by atoms with Crippen LogP contribution in [0.25, 0.3) is 0 Å². The van der Waals surface area contributed by atoms with Gasteiger partial charge in [-0.1, -0.05) is 36.6 Å². The number of nitrogens with zero attached hydrogens (tertiary/aromatic N) is 1. The average Bonchev–Trinajstić information content (AvgIpc) is 2.91. The Balaban J connectivity index is 1.46. The summed E-state index contributed by atoms with van der Waals surface area (Å²) in [6.07, 6.45) is 4.92. The number of carbonyl (C=O) groups excluding carboxylic acids is 1. The second kappa shape index (κ2) is 9.60. The van der Waals surface area contributed by atoms with Gasteiger partial charge in [-0.2, -0.15) is 0 Å². The van der Waals surface area contributed by atoms with E-state index in [0.717, 1.165) is 30.1 Å². The van der Waals surface area contributed by atoms with E-state index in [-0.39, 0.29) is 5.91 Å². The highest BCUT2D eigenvalue weighted by atomic mass is 35.5. The maximum Gasteiger partial charge on any atom is 0.238 e. The Morgan fingerprint density at radius 3 is 2.27 bits per heavy atom. The van der Waals surface area contributed by atoms with Crippen LogP contribution in [0.1, 0.15) is 31.2 Å². The third kappa shape index (κ3) is 6.04. The molecule has 1 N–H and O–H groups in total. The van der Waals surface area contributed by atoms with Crippen LogP contribution in [0.4, 0.5) is 5.69 Å². The van der Waals surface area contributed by atoms with Crippen molar-refractivity contribution < 1.29 is 9.53 Å². The monoisotopic (exact) mass is 372 g/mol. The zero-order valence-electron chi connectivity index (χ0n) is 14.9. The molecule has 2 aromatic carbocycles. The van der Waals surface area contributed by atoms with Crippen molar-refractivity contribution in [2.75, 3.05) is 25.0 Å². The van der Waals surface area contributed by atoms with Crippen molar-refractivity contribution in [2.24, 2.45) is 0 Å². The van der Waals surface area contributed by atoms with Crippen molar-refractivity contribution in [1.29, 1.82) is 0 Å². The van der Waals surface area contributed by atoms with Crippen molar-refractivity contribution in [2.45, 2.75) is 32.3 Å². The van der Waals surface area contributed by atoms with Gasteiger partial charge in [0.05, 0.1) is 6.54 Å². The van der Waals surface area contributed by atoms with Crippen molar-refractivity contribution >= 4 is 23.2 Å². The van der Waals surface area contributed by atoms with Gasteiger partial charge in [0.15, 0.2) is 0 Å². The molecule has 1 aliphatic rings. The summed E-state index contributed by atoms with van der Waals surface area (Å²) in [5, 5.41) is 3.68. The summed E-state index contributed by atoms with van der Waals surface area (Å²) in [5.41, 5.74) is 1.85. The minimum Gasteiger partial charge on any atom is -0.489 e. The molecule has 1 saturated heterocycles. The first kappa shape index (κ1) is 18.7. The number of likely N-dealkylation sites (tertiary alicyclic amines) is 1. The van der Waals surface area contributed by atoms with E-state index in [0.29, 0.717) is 18.2 Å². The summed E-state index contributed by atoms with van der Waals surface area (Å²) in [6.45, 7) is 2.99. The predicted octanol–water partition coefficient (Wildman–Crippen LogP) is 4.73. The molecule has 1 amide bonds. The van der Waals surface area contributed by atoms with Crippen molar-refractivity contribution in [1.82, 2.24) is 4.90 Å². The number of amides is 1. The van der Waals surface area contributed by atoms with Crippen LogP contribution in [0.5, 0.6) is 5.75 Å². The Hall–Kier alpha value is -2.04. The molecule has 0 radical (unpaired) electrons. The topological polar surface area (TPSA) is 41.6 Å². The van der Waals surface area contributed by atoms with Crippen molar-refractivity contribution in [3.63, 3.8) is 0 Å². The van der Waals surface area contributed by atoms with Gasteiger partial charge in [-0.15, -0.1) is 0 Å². The Labute approximate surface area is 160 Å². The van der Waals surface area contributed by atoms with Crippen molar-refractivity contribution in [3.8, 4) is 5.75 Å². The number of hydrogen-bond donors (Lipinski definition) is 1. The van der Waals surface area contributed by atoms with E-state index in [2.05, 4.69) is 10.2 Å². The maximum atomic E-state index is 12.2. The molecule has 4 nitrogen and oxygen atoms in total. The number of benzene rings is 2. The zero-order chi connectivity index (χ0) is 18.2.